The molecule has 0 heterocycles. The summed E-state index contributed by atoms with van der Waals surface area (Å²) in [5, 5.41) is 3.70. The lowest BCUT2D eigenvalue weighted by Crippen LogP contribution is -3.06. The highest BCUT2D eigenvalue weighted by molar-refractivity contribution is 6.32. The molecule has 0 radical (unpaired) electrons. The molecule has 3 nitrogen and oxygen atoms in total. The fourth-order valence-electron chi connectivity index (χ4n) is 2.34. The lowest BCUT2D eigenvalue weighted by Gasteiger charge is -2.20. The van der Waals surface area contributed by atoms with Crippen LogP contribution in [0, 0.1) is 0 Å². The van der Waals surface area contributed by atoms with E-state index in [1.54, 1.807) is 12.1 Å². The molecule has 1 amide bonds. The zero-order valence-corrected chi connectivity index (χ0v) is 14.2. The minimum absolute atomic E-state index is 0.0235. The number of quaternary nitrogens is 1. The normalized spacial score (nSPS) is 12.5. The Balaban J connectivity index is 2.07. The second-order valence-electron chi connectivity index (χ2n) is 5.74. The van der Waals surface area contributed by atoms with E-state index in [1.807, 2.05) is 48.5 Å². The van der Waals surface area contributed by atoms with Gasteiger partial charge >= 0.3 is 0 Å². The number of hydrogen-bond donors (Lipinski definition) is 2. The molecular weight excluding hydrogens is 308 g/mol. The van der Waals surface area contributed by atoms with Crippen molar-refractivity contribution >= 4 is 23.6 Å². The van der Waals surface area contributed by atoms with Gasteiger partial charge in [0.05, 0.1) is 14.1 Å². The Labute approximate surface area is 142 Å². The van der Waals surface area contributed by atoms with Gasteiger partial charge in [-0.1, -0.05) is 60.1 Å². The van der Waals surface area contributed by atoms with Gasteiger partial charge in [0.25, 0.3) is 0 Å². The molecule has 0 aromatic heterocycles. The summed E-state index contributed by atoms with van der Waals surface area (Å²) in [5.74, 6) is -0.125. The van der Waals surface area contributed by atoms with Gasteiger partial charge in [0, 0.05) is 11.1 Å². The molecule has 0 spiro atoms. The van der Waals surface area contributed by atoms with Crippen LogP contribution in [0.2, 0.25) is 5.02 Å². The largest absolute Gasteiger partial charge is 0.340 e. The van der Waals surface area contributed by atoms with Gasteiger partial charge in [-0.25, -0.2) is 0 Å². The summed E-state index contributed by atoms with van der Waals surface area (Å²) in [7, 11) is 4.14. The molecule has 4 heteroatoms. The number of carbonyl (C=O) groups is 1. The zero-order chi connectivity index (χ0) is 16.7. The number of amides is 1. The fourth-order valence-corrected chi connectivity index (χ4v) is 2.54. The zero-order valence-electron chi connectivity index (χ0n) is 13.4. The third-order valence-electron chi connectivity index (χ3n) is 3.45. The van der Waals surface area contributed by atoms with Gasteiger partial charge in [-0.2, -0.15) is 0 Å². The van der Waals surface area contributed by atoms with Gasteiger partial charge < -0.3 is 10.2 Å². The number of likely N-dealkylation sites (N-methyl/N-ethyl adjacent to an activating group) is 1. The van der Waals surface area contributed by atoms with Crippen molar-refractivity contribution in [3.63, 3.8) is 0 Å². The van der Waals surface area contributed by atoms with Crippen LogP contribution in [0.4, 0.5) is 0 Å². The molecule has 0 unspecified atom stereocenters. The fraction of sp³-hybridized carbons (Fsp3) is 0.211. The van der Waals surface area contributed by atoms with Crippen LogP contribution < -0.4 is 10.2 Å². The molecule has 23 heavy (non-hydrogen) atoms. The predicted molar refractivity (Wildman–Crippen MR) is 95.5 cm³/mol. The molecule has 0 aliphatic carbocycles. The Morgan fingerprint density at radius 3 is 2.43 bits per heavy atom. The van der Waals surface area contributed by atoms with Crippen molar-refractivity contribution in [1.82, 2.24) is 5.32 Å². The number of nitrogens with one attached hydrogen (secondary N) is 2. The smallest absolute Gasteiger partial charge is 0.244 e. The Morgan fingerprint density at radius 1 is 1.13 bits per heavy atom. The van der Waals surface area contributed by atoms with Crippen molar-refractivity contribution in [1.29, 1.82) is 0 Å². The van der Waals surface area contributed by atoms with Crippen LogP contribution >= 0.6 is 11.6 Å². The first kappa shape index (κ1) is 17.3. The van der Waals surface area contributed by atoms with Crippen LogP contribution in [-0.4, -0.2) is 26.5 Å². The Morgan fingerprint density at radius 2 is 1.78 bits per heavy atom. The summed E-state index contributed by atoms with van der Waals surface area (Å²) in [4.78, 5) is 13.5. The van der Waals surface area contributed by atoms with E-state index in [1.165, 1.54) is 11.0 Å². The van der Waals surface area contributed by atoms with Gasteiger partial charge in [-0.3, -0.25) is 4.79 Å². The highest BCUT2D eigenvalue weighted by atomic mass is 35.5. The summed E-state index contributed by atoms with van der Waals surface area (Å²) >= 11 is 6.09. The van der Waals surface area contributed by atoms with Crippen LogP contribution in [0.15, 0.2) is 60.7 Å². The van der Waals surface area contributed by atoms with Gasteiger partial charge in [0.1, 0.15) is 12.6 Å². The SMILES string of the molecule is C[NH+](C)C[C@H](NC(=O)/C=C/c1ccccc1Cl)c1ccccc1. The van der Waals surface area contributed by atoms with Gasteiger partial charge in [0.15, 0.2) is 0 Å². The number of hydrogen-bond acceptors (Lipinski definition) is 1. The molecule has 2 aromatic carbocycles. The average Bonchev–Trinajstić information content (AvgIpc) is 2.54. The lowest BCUT2D eigenvalue weighted by atomic mass is 10.1. The van der Waals surface area contributed by atoms with Gasteiger partial charge in [-0.05, 0) is 23.3 Å². The summed E-state index contributed by atoms with van der Waals surface area (Å²) in [6, 6.07) is 17.4. The van der Waals surface area contributed by atoms with Crippen molar-refractivity contribution in [2.75, 3.05) is 20.6 Å². The van der Waals surface area contributed by atoms with E-state index in [2.05, 4.69) is 19.4 Å². The molecule has 0 saturated carbocycles. The van der Waals surface area contributed by atoms with E-state index >= 15 is 0 Å². The molecule has 0 saturated heterocycles. The Bertz CT molecular complexity index is 668. The molecule has 1 atom stereocenters. The molecule has 2 aromatic rings. The molecule has 2 N–H and O–H groups in total. The maximum Gasteiger partial charge on any atom is 0.244 e. The first-order valence-electron chi connectivity index (χ1n) is 7.63. The van der Waals surface area contributed by atoms with Gasteiger partial charge in [-0.15, -0.1) is 0 Å². The third kappa shape index (κ3) is 5.55. The van der Waals surface area contributed by atoms with Crippen LogP contribution in [0.1, 0.15) is 17.2 Å². The monoisotopic (exact) mass is 329 g/mol. The minimum atomic E-state index is -0.125. The van der Waals surface area contributed by atoms with E-state index < -0.39 is 0 Å². The highest BCUT2D eigenvalue weighted by Gasteiger charge is 2.16. The third-order valence-corrected chi connectivity index (χ3v) is 3.79. The molecule has 2 rings (SSSR count). The summed E-state index contributed by atoms with van der Waals surface area (Å²) in [5.41, 5.74) is 1.94. The average molecular weight is 330 g/mol. The standard InChI is InChI=1S/C19H21ClN2O/c1-22(2)14-18(16-9-4-3-5-10-16)21-19(23)13-12-15-8-6-7-11-17(15)20/h3-13,18H,14H2,1-2H3,(H,21,23)/p+1/b13-12+/t18-/m0/s1. The molecular formula is C19H22ClN2O+. The minimum Gasteiger partial charge on any atom is -0.340 e. The van der Waals surface area contributed by atoms with Crippen LogP contribution in [0.5, 0.6) is 0 Å². The molecule has 0 aliphatic rings. The summed E-state index contributed by atoms with van der Waals surface area (Å²) < 4.78 is 0. The van der Waals surface area contributed by atoms with Crippen molar-refractivity contribution in [3.05, 3.63) is 76.8 Å². The van der Waals surface area contributed by atoms with Crippen molar-refractivity contribution < 1.29 is 9.69 Å². The van der Waals surface area contributed by atoms with E-state index in [0.29, 0.717) is 5.02 Å². The molecule has 0 bridgehead atoms. The topological polar surface area (TPSA) is 33.5 Å². The van der Waals surface area contributed by atoms with E-state index in [-0.39, 0.29) is 11.9 Å². The van der Waals surface area contributed by atoms with E-state index in [4.69, 9.17) is 11.6 Å². The number of benzene rings is 2. The van der Waals surface area contributed by atoms with Gasteiger partial charge in [0.2, 0.25) is 5.91 Å². The summed E-state index contributed by atoms with van der Waals surface area (Å²) in [6.45, 7) is 0.815. The van der Waals surface area contributed by atoms with Crippen molar-refractivity contribution in [3.8, 4) is 0 Å². The Kier molecular flexibility index (Phi) is 6.39. The predicted octanol–water partition coefficient (Wildman–Crippen LogP) is 2.36. The number of carbonyl (C=O) groups excluding carboxylic acids is 1. The molecule has 0 fully saturated rings. The van der Waals surface area contributed by atoms with E-state index in [9.17, 15) is 4.79 Å². The van der Waals surface area contributed by atoms with Crippen molar-refractivity contribution in [2.45, 2.75) is 6.04 Å². The van der Waals surface area contributed by atoms with Crippen LogP contribution in [0.3, 0.4) is 0 Å². The second-order valence-corrected chi connectivity index (χ2v) is 6.15. The maximum absolute atomic E-state index is 12.2. The first-order valence-corrected chi connectivity index (χ1v) is 8.01. The Hall–Kier alpha value is -2.10. The summed E-state index contributed by atoms with van der Waals surface area (Å²) in [6.07, 6.45) is 3.27. The maximum atomic E-state index is 12.2. The molecule has 0 aliphatic heterocycles. The van der Waals surface area contributed by atoms with Crippen LogP contribution in [-0.2, 0) is 4.79 Å². The molecule has 120 valence electrons. The highest BCUT2D eigenvalue weighted by Crippen LogP contribution is 2.16. The second kappa shape index (κ2) is 8.51. The quantitative estimate of drug-likeness (QED) is 0.784. The first-order chi connectivity index (χ1) is 11.1. The number of rotatable bonds is 6. The lowest BCUT2D eigenvalue weighted by molar-refractivity contribution is -0.860. The van der Waals surface area contributed by atoms with Crippen LogP contribution in [0.25, 0.3) is 6.08 Å². The number of halogens is 1. The van der Waals surface area contributed by atoms with Crippen molar-refractivity contribution in [2.24, 2.45) is 0 Å². The van der Waals surface area contributed by atoms with E-state index in [0.717, 1.165) is 17.7 Å².